The van der Waals surface area contributed by atoms with Crippen LogP contribution in [0.4, 0.5) is 4.79 Å². The van der Waals surface area contributed by atoms with Crippen molar-refractivity contribution < 1.29 is 19.0 Å². The molecule has 7 nitrogen and oxygen atoms in total. The van der Waals surface area contributed by atoms with Crippen LogP contribution in [-0.2, 0) is 4.74 Å². The second-order valence-corrected chi connectivity index (χ2v) is 7.84. The van der Waals surface area contributed by atoms with Crippen LogP contribution in [0.2, 0.25) is 0 Å². The van der Waals surface area contributed by atoms with Crippen LogP contribution in [0.1, 0.15) is 12.8 Å². The Balaban J connectivity index is 1.21. The van der Waals surface area contributed by atoms with Gasteiger partial charge in [-0.1, -0.05) is 23.5 Å². The van der Waals surface area contributed by atoms with Gasteiger partial charge in [-0.05, 0) is 49.2 Å². The zero-order valence-electron chi connectivity index (χ0n) is 16.0. The number of rotatable bonds is 7. The molecule has 1 saturated heterocycles. The van der Waals surface area contributed by atoms with E-state index in [1.54, 1.807) is 0 Å². The minimum atomic E-state index is -0.692. The van der Waals surface area contributed by atoms with Crippen LogP contribution >= 0.6 is 11.3 Å². The van der Waals surface area contributed by atoms with Crippen molar-refractivity contribution in [2.45, 2.75) is 18.9 Å². The van der Waals surface area contributed by atoms with Crippen LogP contribution in [0.5, 0.6) is 16.7 Å². The highest BCUT2D eigenvalue weighted by Crippen LogP contribution is 2.31. The summed E-state index contributed by atoms with van der Waals surface area (Å²) >= 11 is 1.52. The number of hydrogen-bond donors (Lipinski definition) is 1. The smallest absolute Gasteiger partial charge is 0.404 e. The minimum absolute atomic E-state index is 0.0624. The third kappa shape index (κ3) is 5.36. The molecule has 0 radical (unpaired) electrons. The van der Waals surface area contributed by atoms with Crippen molar-refractivity contribution in [3.8, 4) is 16.7 Å². The molecular formula is C21H23N3O4S. The number of likely N-dealkylation sites (tertiary alicyclic amines) is 1. The summed E-state index contributed by atoms with van der Waals surface area (Å²) in [6.45, 7) is 3.17. The number of amides is 1. The number of carbonyl (C=O) groups is 1. The molecule has 4 rings (SSSR count). The molecule has 8 heteroatoms. The lowest BCUT2D eigenvalue weighted by atomic mass is 10.1. The van der Waals surface area contributed by atoms with E-state index in [0.717, 1.165) is 54.2 Å². The summed E-state index contributed by atoms with van der Waals surface area (Å²) in [7, 11) is 0. The molecule has 0 atom stereocenters. The van der Waals surface area contributed by atoms with Gasteiger partial charge >= 0.3 is 6.09 Å². The van der Waals surface area contributed by atoms with E-state index in [4.69, 9.17) is 19.9 Å². The number of benzene rings is 2. The molecule has 1 fully saturated rings. The SMILES string of the molecule is NC(=O)OC1CCN(CCOc2ccc(Oc3nc4ccccc4s3)cc2)CC1. The number of nitrogens with zero attached hydrogens (tertiary/aromatic N) is 2. The number of thiazole rings is 1. The van der Waals surface area contributed by atoms with Crippen molar-refractivity contribution in [3.05, 3.63) is 48.5 Å². The number of primary amides is 1. The number of hydrogen-bond acceptors (Lipinski definition) is 7. The lowest BCUT2D eigenvalue weighted by Gasteiger charge is -2.31. The molecule has 1 amide bonds. The fourth-order valence-corrected chi connectivity index (χ4v) is 4.14. The van der Waals surface area contributed by atoms with Gasteiger partial charge in [0.1, 0.15) is 24.2 Å². The van der Waals surface area contributed by atoms with Gasteiger partial charge < -0.3 is 19.9 Å². The molecule has 1 aliphatic heterocycles. The van der Waals surface area contributed by atoms with Crippen molar-refractivity contribution in [3.63, 3.8) is 0 Å². The average Bonchev–Trinajstić information content (AvgIpc) is 3.12. The highest BCUT2D eigenvalue weighted by Gasteiger charge is 2.21. The first-order valence-corrected chi connectivity index (χ1v) is 10.4. The summed E-state index contributed by atoms with van der Waals surface area (Å²) in [5.74, 6) is 1.53. The van der Waals surface area contributed by atoms with E-state index in [9.17, 15) is 4.79 Å². The zero-order valence-corrected chi connectivity index (χ0v) is 16.8. The first kappa shape index (κ1) is 19.5. The number of nitrogens with two attached hydrogens (primary N) is 1. The highest BCUT2D eigenvalue weighted by molar-refractivity contribution is 7.20. The Hall–Kier alpha value is -2.84. The molecule has 0 bridgehead atoms. The quantitative estimate of drug-likeness (QED) is 0.629. The van der Waals surface area contributed by atoms with Gasteiger partial charge in [-0.2, -0.15) is 0 Å². The standard InChI is InChI=1S/C21H23N3O4S/c22-20(25)27-17-9-11-24(12-10-17)13-14-26-15-5-7-16(8-6-15)28-21-23-18-3-1-2-4-19(18)29-21/h1-8,17H,9-14H2,(H2,22,25). The number of ether oxygens (including phenoxy) is 3. The molecule has 152 valence electrons. The predicted octanol–water partition coefficient (Wildman–Crippen LogP) is 4.03. The van der Waals surface area contributed by atoms with Crippen molar-refractivity contribution >= 4 is 27.6 Å². The van der Waals surface area contributed by atoms with Gasteiger partial charge in [0.2, 0.25) is 0 Å². The Labute approximate surface area is 173 Å². The van der Waals surface area contributed by atoms with Crippen LogP contribution in [0, 0.1) is 0 Å². The van der Waals surface area contributed by atoms with Gasteiger partial charge in [0.15, 0.2) is 0 Å². The van der Waals surface area contributed by atoms with Crippen LogP contribution in [0.25, 0.3) is 10.2 Å². The van der Waals surface area contributed by atoms with Gasteiger partial charge in [-0.15, -0.1) is 0 Å². The van der Waals surface area contributed by atoms with E-state index in [-0.39, 0.29) is 6.10 Å². The molecule has 2 N–H and O–H groups in total. The third-order valence-corrected chi connectivity index (χ3v) is 5.71. The molecule has 0 spiro atoms. The summed E-state index contributed by atoms with van der Waals surface area (Å²) in [6.07, 6.45) is 0.858. The van der Waals surface area contributed by atoms with Crippen molar-refractivity contribution in [2.24, 2.45) is 5.73 Å². The maximum absolute atomic E-state index is 10.8. The maximum atomic E-state index is 10.8. The molecule has 0 unspecified atom stereocenters. The Morgan fingerprint density at radius 3 is 2.55 bits per heavy atom. The summed E-state index contributed by atoms with van der Waals surface area (Å²) < 4.78 is 17.8. The molecule has 1 aliphatic rings. The van der Waals surface area contributed by atoms with Gasteiger partial charge in [0.05, 0.1) is 10.2 Å². The number of fused-ring (bicyclic) bond motifs is 1. The van der Waals surface area contributed by atoms with Crippen molar-refractivity contribution in [2.75, 3.05) is 26.2 Å². The second kappa shape index (κ2) is 9.11. The Morgan fingerprint density at radius 1 is 1.10 bits per heavy atom. The first-order chi connectivity index (χ1) is 14.2. The van der Waals surface area contributed by atoms with E-state index >= 15 is 0 Å². The molecule has 0 saturated carbocycles. The Kier molecular flexibility index (Phi) is 6.12. The summed E-state index contributed by atoms with van der Waals surface area (Å²) in [6, 6.07) is 15.5. The van der Waals surface area contributed by atoms with Gasteiger partial charge in [0.25, 0.3) is 5.19 Å². The number of piperidine rings is 1. The van der Waals surface area contributed by atoms with Crippen LogP contribution in [0.3, 0.4) is 0 Å². The number of aromatic nitrogens is 1. The van der Waals surface area contributed by atoms with E-state index < -0.39 is 6.09 Å². The van der Waals surface area contributed by atoms with Gasteiger partial charge in [-0.25, -0.2) is 9.78 Å². The average molecular weight is 413 g/mol. The fourth-order valence-electron chi connectivity index (χ4n) is 3.31. The molecular weight excluding hydrogens is 390 g/mol. The van der Waals surface area contributed by atoms with Crippen LogP contribution in [0.15, 0.2) is 48.5 Å². The molecule has 2 aromatic carbocycles. The lowest BCUT2D eigenvalue weighted by molar-refractivity contribution is 0.0523. The predicted molar refractivity (Wildman–Crippen MR) is 112 cm³/mol. The summed E-state index contributed by atoms with van der Waals surface area (Å²) in [5, 5.41) is 0.628. The topological polar surface area (TPSA) is 86.9 Å². The lowest BCUT2D eigenvalue weighted by Crippen LogP contribution is -2.40. The number of carbonyl (C=O) groups excluding carboxylic acids is 1. The van der Waals surface area contributed by atoms with Crippen molar-refractivity contribution in [1.82, 2.24) is 9.88 Å². The van der Waals surface area contributed by atoms with E-state index in [2.05, 4.69) is 9.88 Å². The summed E-state index contributed by atoms with van der Waals surface area (Å²) in [4.78, 5) is 17.6. The second-order valence-electron chi connectivity index (χ2n) is 6.85. The zero-order chi connectivity index (χ0) is 20.1. The van der Waals surface area contributed by atoms with Gasteiger partial charge in [-0.3, -0.25) is 4.90 Å². The van der Waals surface area contributed by atoms with Gasteiger partial charge in [0, 0.05) is 19.6 Å². The third-order valence-electron chi connectivity index (χ3n) is 4.80. The molecule has 3 aromatic rings. The van der Waals surface area contributed by atoms with Crippen LogP contribution in [-0.4, -0.2) is 48.3 Å². The highest BCUT2D eigenvalue weighted by atomic mass is 32.1. The minimum Gasteiger partial charge on any atom is -0.492 e. The van der Waals surface area contributed by atoms with Crippen LogP contribution < -0.4 is 15.2 Å². The molecule has 29 heavy (non-hydrogen) atoms. The van der Waals surface area contributed by atoms with E-state index in [1.165, 1.54) is 11.3 Å². The first-order valence-electron chi connectivity index (χ1n) is 9.60. The number of para-hydroxylation sites is 1. The molecule has 2 heterocycles. The van der Waals surface area contributed by atoms with E-state index in [1.807, 2.05) is 48.5 Å². The molecule has 0 aliphatic carbocycles. The van der Waals surface area contributed by atoms with E-state index in [0.29, 0.717) is 11.8 Å². The van der Waals surface area contributed by atoms with Crippen molar-refractivity contribution in [1.29, 1.82) is 0 Å². The monoisotopic (exact) mass is 413 g/mol. The Morgan fingerprint density at radius 2 is 1.83 bits per heavy atom. The molecule has 1 aromatic heterocycles. The maximum Gasteiger partial charge on any atom is 0.404 e. The summed E-state index contributed by atoms with van der Waals surface area (Å²) in [5.41, 5.74) is 6.01. The fraction of sp³-hybridized carbons (Fsp3) is 0.333. The Bertz CT molecular complexity index is 919. The normalized spacial score (nSPS) is 15.3. The largest absolute Gasteiger partial charge is 0.492 e.